The van der Waals surface area contributed by atoms with Crippen LogP contribution in [0.15, 0.2) is 65.5 Å². The number of aryl methyl sites for hydroxylation is 1. The van der Waals surface area contributed by atoms with Gasteiger partial charge in [-0.1, -0.05) is 34.8 Å². The first-order valence-electron chi connectivity index (χ1n) is 10.6. The summed E-state index contributed by atoms with van der Waals surface area (Å²) >= 11 is 9.46. The Kier molecular flexibility index (Phi) is 5.37. The molecule has 0 spiro atoms. The molecule has 6 heteroatoms. The standard InChI is InChI=1S/C24H25BrN4S/c1-16-14-19(9-10-20(16)25)29-23(17-11-13-28(15-17)18-6-2-3-7-18)22(27-24(29)30)21-8-4-5-12-26-21/h4-5,8-15,18,22-23H,2-3,6-7H2,1H3,(H,27,30). The number of rotatable bonds is 4. The van der Waals surface area contributed by atoms with E-state index in [0.717, 1.165) is 21.0 Å². The van der Waals surface area contributed by atoms with Crippen LogP contribution in [0.4, 0.5) is 5.69 Å². The zero-order valence-electron chi connectivity index (χ0n) is 17.0. The topological polar surface area (TPSA) is 33.1 Å². The highest BCUT2D eigenvalue weighted by Gasteiger charge is 2.41. The van der Waals surface area contributed by atoms with Crippen LogP contribution in [0.3, 0.4) is 0 Å². The minimum Gasteiger partial charge on any atom is -0.351 e. The van der Waals surface area contributed by atoms with Crippen molar-refractivity contribution in [2.45, 2.75) is 50.7 Å². The number of anilines is 1. The molecule has 3 aromatic rings. The average molecular weight is 481 g/mol. The zero-order chi connectivity index (χ0) is 20.7. The van der Waals surface area contributed by atoms with Crippen molar-refractivity contribution in [1.82, 2.24) is 14.9 Å². The molecule has 2 fully saturated rings. The fourth-order valence-corrected chi connectivity index (χ4v) is 5.38. The summed E-state index contributed by atoms with van der Waals surface area (Å²) in [6.07, 6.45) is 11.6. The second kappa shape index (κ2) is 8.16. The number of benzene rings is 1. The highest BCUT2D eigenvalue weighted by Crippen LogP contribution is 2.43. The lowest BCUT2D eigenvalue weighted by molar-refractivity contribution is 0.515. The molecular weight excluding hydrogens is 456 g/mol. The van der Waals surface area contributed by atoms with Gasteiger partial charge >= 0.3 is 0 Å². The first kappa shape index (κ1) is 19.8. The van der Waals surface area contributed by atoms with Crippen molar-refractivity contribution >= 4 is 38.9 Å². The first-order valence-corrected chi connectivity index (χ1v) is 11.8. The average Bonchev–Trinajstić information content (AvgIpc) is 3.50. The molecule has 2 aliphatic rings. The van der Waals surface area contributed by atoms with Gasteiger partial charge in [0.1, 0.15) is 0 Å². The molecular formula is C24H25BrN4S. The Bertz CT molecular complexity index is 1060. The number of nitrogens with one attached hydrogen (secondary N) is 1. The van der Waals surface area contributed by atoms with Crippen LogP contribution in [0.2, 0.25) is 0 Å². The normalized spacial score (nSPS) is 21.9. The zero-order valence-corrected chi connectivity index (χ0v) is 19.4. The van der Waals surface area contributed by atoms with Crippen molar-refractivity contribution in [2.75, 3.05) is 4.90 Å². The van der Waals surface area contributed by atoms with E-state index in [4.69, 9.17) is 12.2 Å². The van der Waals surface area contributed by atoms with Gasteiger partial charge < -0.3 is 14.8 Å². The molecule has 1 N–H and O–H groups in total. The lowest BCUT2D eigenvalue weighted by Crippen LogP contribution is -2.29. The Morgan fingerprint density at radius 3 is 2.70 bits per heavy atom. The largest absolute Gasteiger partial charge is 0.351 e. The highest BCUT2D eigenvalue weighted by atomic mass is 79.9. The summed E-state index contributed by atoms with van der Waals surface area (Å²) in [6.45, 7) is 2.11. The maximum absolute atomic E-state index is 5.84. The number of hydrogen-bond acceptors (Lipinski definition) is 2. The second-order valence-corrected chi connectivity index (χ2v) is 9.50. The summed E-state index contributed by atoms with van der Waals surface area (Å²) in [4.78, 5) is 6.90. The van der Waals surface area contributed by atoms with Crippen molar-refractivity contribution in [2.24, 2.45) is 0 Å². The van der Waals surface area contributed by atoms with Crippen molar-refractivity contribution < 1.29 is 0 Å². The Morgan fingerprint density at radius 1 is 1.13 bits per heavy atom. The van der Waals surface area contributed by atoms with Crippen LogP contribution in [0.1, 0.15) is 60.6 Å². The van der Waals surface area contributed by atoms with Gasteiger partial charge in [-0.05, 0) is 79.5 Å². The molecule has 1 aromatic carbocycles. The summed E-state index contributed by atoms with van der Waals surface area (Å²) in [6, 6.07) is 15.4. The molecule has 2 unspecified atom stereocenters. The van der Waals surface area contributed by atoms with Gasteiger partial charge in [0.25, 0.3) is 0 Å². The van der Waals surface area contributed by atoms with Gasteiger partial charge in [0.15, 0.2) is 5.11 Å². The van der Waals surface area contributed by atoms with E-state index < -0.39 is 0 Å². The number of aromatic nitrogens is 2. The lowest BCUT2D eigenvalue weighted by Gasteiger charge is -2.27. The highest BCUT2D eigenvalue weighted by molar-refractivity contribution is 9.10. The minimum atomic E-state index is 0.00193. The number of hydrogen-bond donors (Lipinski definition) is 1. The molecule has 5 rings (SSSR count). The molecule has 4 nitrogen and oxygen atoms in total. The molecule has 1 saturated heterocycles. The Balaban J connectivity index is 1.58. The van der Waals surface area contributed by atoms with E-state index in [-0.39, 0.29) is 12.1 Å². The summed E-state index contributed by atoms with van der Waals surface area (Å²) in [5.41, 5.74) is 4.57. The van der Waals surface area contributed by atoms with Gasteiger partial charge in [-0.25, -0.2) is 0 Å². The van der Waals surface area contributed by atoms with Gasteiger partial charge in [0.05, 0.1) is 17.8 Å². The summed E-state index contributed by atoms with van der Waals surface area (Å²) < 4.78 is 3.51. The van der Waals surface area contributed by atoms with Crippen LogP contribution in [0, 0.1) is 6.92 Å². The fourth-order valence-electron chi connectivity index (χ4n) is 4.79. The van der Waals surface area contributed by atoms with E-state index in [1.165, 1.54) is 36.8 Å². The molecule has 30 heavy (non-hydrogen) atoms. The van der Waals surface area contributed by atoms with E-state index in [1.54, 1.807) is 0 Å². The van der Waals surface area contributed by atoms with Crippen molar-refractivity contribution in [1.29, 1.82) is 0 Å². The summed E-state index contributed by atoms with van der Waals surface area (Å²) in [5.74, 6) is 0. The lowest BCUT2D eigenvalue weighted by atomic mass is 9.98. The third-order valence-corrected chi connectivity index (χ3v) is 7.55. The summed E-state index contributed by atoms with van der Waals surface area (Å²) in [5, 5.41) is 4.30. The van der Waals surface area contributed by atoms with E-state index in [9.17, 15) is 0 Å². The maximum atomic E-state index is 5.84. The van der Waals surface area contributed by atoms with Gasteiger partial charge in [0, 0.05) is 34.8 Å². The van der Waals surface area contributed by atoms with E-state index >= 15 is 0 Å². The number of thiocarbonyl (C=S) groups is 1. The van der Waals surface area contributed by atoms with E-state index in [0.29, 0.717) is 6.04 Å². The molecule has 1 aliphatic carbocycles. The molecule has 2 atom stereocenters. The van der Waals surface area contributed by atoms with Crippen molar-refractivity contribution in [3.8, 4) is 0 Å². The van der Waals surface area contributed by atoms with Gasteiger partial charge in [-0.15, -0.1) is 0 Å². The molecule has 0 radical (unpaired) electrons. The predicted octanol–water partition coefficient (Wildman–Crippen LogP) is 6.25. The monoisotopic (exact) mass is 480 g/mol. The molecule has 1 aliphatic heterocycles. The molecule has 0 amide bonds. The molecule has 3 heterocycles. The number of halogens is 1. The summed E-state index contributed by atoms with van der Waals surface area (Å²) in [7, 11) is 0. The molecule has 1 saturated carbocycles. The third-order valence-electron chi connectivity index (χ3n) is 6.34. The Morgan fingerprint density at radius 2 is 1.97 bits per heavy atom. The van der Waals surface area contributed by atoms with Crippen LogP contribution in [-0.2, 0) is 0 Å². The van der Waals surface area contributed by atoms with Crippen LogP contribution in [0.5, 0.6) is 0 Å². The van der Waals surface area contributed by atoms with Crippen LogP contribution < -0.4 is 10.2 Å². The van der Waals surface area contributed by atoms with Gasteiger partial charge in [-0.2, -0.15) is 0 Å². The molecule has 0 bridgehead atoms. The van der Waals surface area contributed by atoms with E-state index in [2.05, 4.69) is 85.3 Å². The smallest absolute Gasteiger partial charge is 0.174 e. The van der Waals surface area contributed by atoms with Crippen LogP contribution >= 0.6 is 28.1 Å². The van der Waals surface area contributed by atoms with Gasteiger partial charge in [-0.3, -0.25) is 4.98 Å². The Labute approximate surface area is 191 Å². The first-order chi connectivity index (χ1) is 14.6. The predicted molar refractivity (Wildman–Crippen MR) is 129 cm³/mol. The number of nitrogens with zero attached hydrogens (tertiary/aromatic N) is 3. The van der Waals surface area contributed by atoms with E-state index in [1.807, 2.05) is 18.3 Å². The maximum Gasteiger partial charge on any atom is 0.174 e. The van der Waals surface area contributed by atoms with Crippen molar-refractivity contribution in [3.05, 3.63) is 82.3 Å². The second-order valence-electron chi connectivity index (χ2n) is 8.26. The molecule has 2 aromatic heterocycles. The fraction of sp³-hybridized carbons (Fsp3) is 0.333. The van der Waals surface area contributed by atoms with Crippen LogP contribution in [0.25, 0.3) is 0 Å². The van der Waals surface area contributed by atoms with Crippen LogP contribution in [-0.4, -0.2) is 14.7 Å². The van der Waals surface area contributed by atoms with Gasteiger partial charge in [0.2, 0.25) is 0 Å². The SMILES string of the molecule is Cc1cc(N2C(=S)NC(c3ccccn3)C2c2ccn(C3CCCC3)c2)ccc1Br. The minimum absolute atomic E-state index is 0.00193. The number of pyridine rings is 1. The third kappa shape index (κ3) is 3.56. The molecule has 154 valence electrons. The Hall–Kier alpha value is -2.18. The van der Waals surface area contributed by atoms with Crippen molar-refractivity contribution in [3.63, 3.8) is 0 Å². The quantitative estimate of drug-likeness (QED) is 0.447.